The number of aliphatic carboxylic acids is 1. The Labute approximate surface area is 89.0 Å². The summed E-state index contributed by atoms with van der Waals surface area (Å²) in [6.45, 7) is 1.14. The van der Waals surface area contributed by atoms with E-state index in [0.717, 1.165) is 0 Å². The third kappa shape index (κ3) is 1.23. The molecule has 4 nitrogen and oxygen atoms in total. The van der Waals surface area contributed by atoms with Crippen molar-refractivity contribution in [2.45, 2.75) is 19.5 Å². The molecule has 2 aliphatic rings. The van der Waals surface area contributed by atoms with Crippen LogP contribution >= 0.6 is 0 Å². The maximum Gasteiger partial charge on any atom is 0.471 e. The molecular formula is C9H10F3NO3. The Morgan fingerprint density at radius 2 is 1.88 bits per heavy atom. The van der Waals surface area contributed by atoms with E-state index in [1.54, 1.807) is 6.92 Å². The van der Waals surface area contributed by atoms with Gasteiger partial charge in [-0.25, -0.2) is 0 Å². The van der Waals surface area contributed by atoms with Crippen LogP contribution in [0.1, 0.15) is 13.3 Å². The minimum Gasteiger partial charge on any atom is -0.481 e. The van der Waals surface area contributed by atoms with Crippen molar-refractivity contribution >= 4 is 11.9 Å². The van der Waals surface area contributed by atoms with E-state index in [9.17, 15) is 22.8 Å². The Balaban J connectivity index is 2.16. The summed E-state index contributed by atoms with van der Waals surface area (Å²) in [7, 11) is 0. The van der Waals surface area contributed by atoms with Gasteiger partial charge >= 0.3 is 18.1 Å². The van der Waals surface area contributed by atoms with Crippen molar-refractivity contribution in [2.24, 2.45) is 10.8 Å². The van der Waals surface area contributed by atoms with E-state index < -0.39 is 28.9 Å². The third-order valence-corrected chi connectivity index (χ3v) is 3.66. The molecule has 1 amide bonds. The highest BCUT2D eigenvalue weighted by Gasteiger charge is 2.75. The van der Waals surface area contributed by atoms with E-state index in [1.807, 2.05) is 0 Å². The number of carboxylic acids is 1. The van der Waals surface area contributed by atoms with Crippen molar-refractivity contribution in [1.29, 1.82) is 0 Å². The molecule has 0 unspecified atom stereocenters. The molecule has 7 heteroatoms. The lowest BCUT2D eigenvalue weighted by atomic mass is 9.99. The van der Waals surface area contributed by atoms with Crippen LogP contribution in [0.5, 0.6) is 0 Å². The van der Waals surface area contributed by atoms with Gasteiger partial charge in [0.2, 0.25) is 0 Å². The molecule has 1 saturated heterocycles. The zero-order chi connectivity index (χ0) is 12.4. The number of halogens is 3. The van der Waals surface area contributed by atoms with Gasteiger partial charge in [-0.3, -0.25) is 9.59 Å². The molecule has 0 aromatic heterocycles. The highest BCUT2D eigenvalue weighted by molar-refractivity contribution is 5.87. The first-order chi connectivity index (χ1) is 7.12. The van der Waals surface area contributed by atoms with Gasteiger partial charge in [0.15, 0.2) is 0 Å². The van der Waals surface area contributed by atoms with Gasteiger partial charge in [-0.15, -0.1) is 0 Å². The molecule has 16 heavy (non-hydrogen) atoms. The number of rotatable bonds is 1. The Bertz CT molecular complexity index is 381. The second-order valence-electron chi connectivity index (χ2n) is 4.78. The van der Waals surface area contributed by atoms with Crippen molar-refractivity contribution in [3.63, 3.8) is 0 Å². The molecule has 0 aromatic rings. The van der Waals surface area contributed by atoms with Crippen LogP contribution in [0.25, 0.3) is 0 Å². The monoisotopic (exact) mass is 237 g/mol. The number of carbonyl (C=O) groups excluding carboxylic acids is 1. The van der Waals surface area contributed by atoms with Crippen molar-refractivity contribution in [2.75, 3.05) is 13.1 Å². The van der Waals surface area contributed by atoms with Crippen LogP contribution in [0.4, 0.5) is 13.2 Å². The minimum absolute atomic E-state index is 0.127. The van der Waals surface area contributed by atoms with Gasteiger partial charge < -0.3 is 10.0 Å². The average molecular weight is 237 g/mol. The molecular weight excluding hydrogens is 227 g/mol. The van der Waals surface area contributed by atoms with Crippen LogP contribution in [0.2, 0.25) is 0 Å². The summed E-state index contributed by atoms with van der Waals surface area (Å²) in [5.41, 5.74) is -1.85. The standard InChI is InChI=1S/C9H10F3NO3/c1-7-2-8(7,6(15)16)4-13(3-7)5(14)9(10,11)12/h2-4H2,1H3,(H,15,16)/t7-,8+/m1/s1. The van der Waals surface area contributed by atoms with E-state index in [1.165, 1.54) is 0 Å². The number of nitrogens with zero attached hydrogens (tertiary/aromatic N) is 1. The van der Waals surface area contributed by atoms with Gasteiger partial charge in [0, 0.05) is 18.5 Å². The molecule has 2 rings (SSSR count). The molecule has 1 heterocycles. The maximum atomic E-state index is 12.2. The molecule has 2 fully saturated rings. The zero-order valence-electron chi connectivity index (χ0n) is 8.47. The minimum atomic E-state index is -4.92. The number of amides is 1. The first-order valence-electron chi connectivity index (χ1n) is 4.72. The first kappa shape index (κ1) is 11.2. The van der Waals surface area contributed by atoms with Gasteiger partial charge in [-0.1, -0.05) is 6.92 Å². The molecule has 0 spiro atoms. The first-order valence-corrected chi connectivity index (χ1v) is 4.72. The van der Waals surface area contributed by atoms with E-state index in [0.29, 0.717) is 11.3 Å². The van der Waals surface area contributed by atoms with E-state index in [4.69, 9.17) is 5.11 Å². The number of carbonyl (C=O) groups is 2. The molecule has 0 aromatic carbocycles. The lowest BCUT2D eigenvalue weighted by Gasteiger charge is -2.21. The number of hydrogen-bond acceptors (Lipinski definition) is 2. The third-order valence-electron chi connectivity index (χ3n) is 3.66. The fourth-order valence-electron chi connectivity index (χ4n) is 2.60. The number of likely N-dealkylation sites (tertiary alicyclic amines) is 1. The Morgan fingerprint density at radius 1 is 1.31 bits per heavy atom. The molecule has 1 N–H and O–H groups in total. The second kappa shape index (κ2) is 2.70. The van der Waals surface area contributed by atoms with Crippen molar-refractivity contribution in [3.05, 3.63) is 0 Å². The summed E-state index contributed by atoms with van der Waals surface area (Å²) in [6, 6.07) is 0. The molecule has 1 aliphatic heterocycles. The molecule has 0 radical (unpaired) electrons. The molecule has 1 aliphatic carbocycles. The highest BCUT2D eigenvalue weighted by atomic mass is 19.4. The summed E-state index contributed by atoms with van der Waals surface area (Å²) in [6.07, 6.45) is -4.58. The van der Waals surface area contributed by atoms with Crippen LogP contribution in [0, 0.1) is 10.8 Å². The fourth-order valence-corrected chi connectivity index (χ4v) is 2.60. The summed E-state index contributed by atoms with van der Waals surface area (Å²) < 4.78 is 36.5. The van der Waals surface area contributed by atoms with Gasteiger partial charge in [0.25, 0.3) is 0 Å². The smallest absolute Gasteiger partial charge is 0.471 e. The Hall–Kier alpha value is -1.27. The van der Waals surface area contributed by atoms with Gasteiger partial charge in [-0.2, -0.15) is 13.2 Å². The predicted octanol–water partition coefficient (Wildman–Crippen LogP) is 0.872. The van der Waals surface area contributed by atoms with Crippen LogP contribution in [0.3, 0.4) is 0 Å². The number of carboxylic acid groups (broad SMARTS) is 1. The summed E-state index contributed by atoms with van der Waals surface area (Å²) in [4.78, 5) is 22.5. The van der Waals surface area contributed by atoms with E-state index in [-0.39, 0.29) is 13.1 Å². The van der Waals surface area contributed by atoms with E-state index in [2.05, 4.69) is 0 Å². The fraction of sp³-hybridized carbons (Fsp3) is 0.778. The summed E-state index contributed by atoms with van der Waals surface area (Å²) >= 11 is 0. The van der Waals surface area contributed by atoms with Crippen molar-refractivity contribution < 1.29 is 27.9 Å². The largest absolute Gasteiger partial charge is 0.481 e. The molecule has 2 atom stereocenters. The zero-order valence-corrected chi connectivity index (χ0v) is 8.47. The number of hydrogen-bond donors (Lipinski definition) is 1. The maximum absolute atomic E-state index is 12.2. The molecule has 0 bridgehead atoms. The van der Waals surface area contributed by atoms with Gasteiger partial charge in [0.1, 0.15) is 0 Å². The normalized spacial score (nSPS) is 37.1. The lowest BCUT2D eigenvalue weighted by Crippen LogP contribution is -2.42. The van der Waals surface area contributed by atoms with Crippen molar-refractivity contribution in [3.8, 4) is 0 Å². The molecule has 90 valence electrons. The molecule has 1 saturated carbocycles. The van der Waals surface area contributed by atoms with E-state index >= 15 is 0 Å². The number of piperidine rings is 1. The Morgan fingerprint density at radius 3 is 2.25 bits per heavy atom. The van der Waals surface area contributed by atoms with Gasteiger partial charge in [-0.05, 0) is 6.42 Å². The Kier molecular flexibility index (Phi) is 1.89. The second-order valence-corrected chi connectivity index (χ2v) is 4.78. The van der Waals surface area contributed by atoms with Crippen molar-refractivity contribution in [1.82, 2.24) is 4.90 Å². The van der Waals surface area contributed by atoms with Crippen LogP contribution in [0.15, 0.2) is 0 Å². The van der Waals surface area contributed by atoms with Crippen LogP contribution in [-0.2, 0) is 9.59 Å². The SMILES string of the molecule is C[C@@]12CN(C(=O)C(F)(F)F)C[C@]1(C(=O)O)C2. The number of alkyl halides is 3. The highest BCUT2D eigenvalue weighted by Crippen LogP contribution is 2.68. The average Bonchev–Trinajstić information content (AvgIpc) is 2.59. The van der Waals surface area contributed by atoms with Crippen LogP contribution in [-0.4, -0.2) is 41.1 Å². The van der Waals surface area contributed by atoms with Gasteiger partial charge in [0.05, 0.1) is 5.41 Å². The predicted molar refractivity (Wildman–Crippen MR) is 45.4 cm³/mol. The van der Waals surface area contributed by atoms with Crippen LogP contribution < -0.4 is 0 Å². The lowest BCUT2D eigenvalue weighted by molar-refractivity contribution is -0.185. The number of fused-ring (bicyclic) bond motifs is 1. The quantitative estimate of drug-likeness (QED) is 0.736. The summed E-state index contributed by atoms with van der Waals surface area (Å²) in [5.74, 6) is -3.06. The topological polar surface area (TPSA) is 57.6 Å². The summed E-state index contributed by atoms with van der Waals surface area (Å²) in [5, 5.41) is 8.96.